The Labute approximate surface area is 150 Å². The van der Waals surface area contributed by atoms with Crippen LogP contribution in [-0.4, -0.2) is 45.9 Å². The standard InChI is InChI=1S/C20H28N2O3/c1-23-18-14-20(25-3)19(24-2)13-17(18)15-22(12-10-21)11-9-16-7-5-4-6-8-16/h4-8,13-14H,9-12,15,21H2,1-3H3. The van der Waals surface area contributed by atoms with Crippen LogP contribution in [0.3, 0.4) is 0 Å². The van der Waals surface area contributed by atoms with Gasteiger partial charge in [0.05, 0.1) is 21.3 Å². The minimum Gasteiger partial charge on any atom is -0.496 e. The van der Waals surface area contributed by atoms with E-state index in [-0.39, 0.29) is 0 Å². The van der Waals surface area contributed by atoms with E-state index in [0.717, 1.165) is 37.4 Å². The predicted octanol–water partition coefficient (Wildman–Crippen LogP) is 2.72. The first-order valence-corrected chi connectivity index (χ1v) is 8.47. The van der Waals surface area contributed by atoms with Gasteiger partial charge in [-0.25, -0.2) is 0 Å². The summed E-state index contributed by atoms with van der Waals surface area (Å²) < 4.78 is 16.3. The molecule has 5 nitrogen and oxygen atoms in total. The number of ether oxygens (including phenoxy) is 3. The van der Waals surface area contributed by atoms with Crippen LogP contribution in [0.15, 0.2) is 42.5 Å². The van der Waals surface area contributed by atoms with Gasteiger partial charge in [-0.2, -0.15) is 0 Å². The molecule has 0 aliphatic rings. The van der Waals surface area contributed by atoms with Crippen molar-refractivity contribution < 1.29 is 14.2 Å². The van der Waals surface area contributed by atoms with Gasteiger partial charge in [0.1, 0.15) is 5.75 Å². The molecule has 0 aliphatic carbocycles. The van der Waals surface area contributed by atoms with Gasteiger partial charge in [0.2, 0.25) is 0 Å². The topological polar surface area (TPSA) is 57.0 Å². The first kappa shape index (κ1) is 19.1. The van der Waals surface area contributed by atoms with Crippen LogP contribution in [0.1, 0.15) is 11.1 Å². The average molecular weight is 344 g/mol. The van der Waals surface area contributed by atoms with Crippen LogP contribution in [0.5, 0.6) is 17.2 Å². The van der Waals surface area contributed by atoms with Crippen LogP contribution in [0.25, 0.3) is 0 Å². The van der Waals surface area contributed by atoms with Gasteiger partial charge in [-0.1, -0.05) is 30.3 Å². The normalized spacial score (nSPS) is 10.8. The Balaban J connectivity index is 2.14. The van der Waals surface area contributed by atoms with Crippen molar-refractivity contribution in [1.29, 1.82) is 0 Å². The summed E-state index contributed by atoms with van der Waals surface area (Å²) in [5.41, 5.74) is 8.19. The van der Waals surface area contributed by atoms with Crippen molar-refractivity contribution in [3.63, 3.8) is 0 Å². The molecule has 0 heterocycles. The van der Waals surface area contributed by atoms with Crippen LogP contribution in [0.4, 0.5) is 0 Å². The van der Waals surface area contributed by atoms with Crippen LogP contribution in [-0.2, 0) is 13.0 Å². The Morgan fingerprint density at radius 1 is 0.840 bits per heavy atom. The summed E-state index contributed by atoms with van der Waals surface area (Å²) in [6.07, 6.45) is 0.983. The molecule has 0 amide bonds. The van der Waals surface area contributed by atoms with E-state index in [2.05, 4.69) is 29.2 Å². The van der Waals surface area contributed by atoms with E-state index in [4.69, 9.17) is 19.9 Å². The second-order valence-electron chi connectivity index (χ2n) is 5.82. The van der Waals surface area contributed by atoms with Crippen molar-refractivity contribution >= 4 is 0 Å². The molecule has 136 valence electrons. The molecule has 0 radical (unpaired) electrons. The predicted molar refractivity (Wildman–Crippen MR) is 101 cm³/mol. The highest BCUT2D eigenvalue weighted by Gasteiger charge is 2.15. The molecule has 0 saturated heterocycles. The Morgan fingerprint density at radius 3 is 2.08 bits per heavy atom. The minimum atomic E-state index is 0.615. The first-order valence-electron chi connectivity index (χ1n) is 8.47. The van der Waals surface area contributed by atoms with Crippen LogP contribution >= 0.6 is 0 Å². The highest BCUT2D eigenvalue weighted by atomic mass is 16.5. The molecule has 0 bridgehead atoms. The van der Waals surface area contributed by atoms with E-state index in [1.54, 1.807) is 21.3 Å². The van der Waals surface area contributed by atoms with E-state index in [9.17, 15) is 0 Å². The molecule has 2 N–H and O–H groups in total. The Hall–Kier alpha value is -2.24. The third-order valence-electron chi connectivity index (χ3n) is 4.19. The lowest BCUT2D eigenvalue weighted by atomic mass is 10.1. The lowest BCUT2D eigenvalue weighted by Crippen LogP contribution is -2.31. The summed E-state index contributed by atoms with van der Waals surface area (Å²) >= 11 is 0. The molecule has 0 atom stereocenters. The average Bonchev–Trinajstić information content (AvgIpc) is 2.66. The number of hydrogen-bond donors (Lipinski definition) is 1. The molecule has 0 saturated carbocycles. The fourth-order valence-electron chi connectivity index (χ4n) is 2.84. The molecule has 0 fully saturated rings. The fraction of sp³-hybridized carbons (Fsp3) is 0.400. The maximum atomic E-state index is 5.81. The summed E-state index contributed by atoms with van der Waals surface area (Å²) in [7, 11) is 4.93. The Kier molecular flexibility index (Phi) is 7.57. The number of nitrogens with zero attached hydrogens (tertiary/aromatic N) is 1. The molecule has 2 aromatic rings. The molecular formula is C20H28N2O3. The van der Waals surface area contributed by atoms with Crippen molar-refractivity contribution in [2.75, 3.05) is 41.0 Å². The SMILES string of the molecule is COc1cc(OC)c(OC)cc1CN(CCN)CCc1ccccc1. The quantitative estimate of drug-likeness (QED) is 0.718. The van der Waals surface area contributed by atoms with Gasteiger partial charge in [-0.15, -0.1) is 0 Å². The lowest BCUT2D eigenvalue weighted by molar-refractivity contribution is 0.269. The summed E-state index contributed by atoms with van der Waals surface area (Å²) in [6, 6.07) is 14.3. The van der Waals surface area contributed by atoms with Gasteiger partial charge in [-0.05, 0) is 18.1 Å². The zero-order valence-corrected chi connectivity index (χ0v) is 15.3. The Morgan fingerprint density at radius 2 is 1.48 bits per heavy atom. The number of nitrogens with two attached hydrogens (primary N) is 1. The molecule has 0 aliphatic heterocycles. The van der Waals surface area contributed by atoms with Gasteiger partial charge in [-0.3, -0.25) is 4.90 Å². The molecule has 2 aromatic carbocycles. The highest BCUT2D eigenvalue weighted by Crippen LogP contribution is 2.35. The van der Waals surface area contributed by atoms with Crippen molar-refractivity contribution in [2.45, 2.75) is 13.0 Å². The van der Waals surface area contributed by atoms with Crippen molar-refractivity contribution in [3.8, 4) is 17.2 Å². The van der Waals surface area contributed by atoms with Gasteiger partial charge in [0.15, 0.2) is 11.5 Å². The zero-order valence-electron chi connectivity index (χ0n) is 15.3. The van der Waals surface area contributed by atoms with E-state index in [1.807, 2.05) is 18.2 Å². The van der Waals surface area contributed by atoms with E-state index in [1.165, 1.54) is 5.56 Å². The summed E-state index contributed by atoms with van der Waals surface area (Å²) in [6.45, 7) is 3.11. The summed E-state index contributed by atoms with van der Waals surface area (Å²) in [5, 5.41) is 0. The van der Waals surface area contributed by atoms with Crippen LogP contribution in [0.2, 0.25) is 0 Å². The largest absolute Gasteiger partial charge is 0.496 e. The Bertz CT molecular complexity index is 647. The van der Waals surface area contributed by atoms with Gasteiger partial charge in [0, 0.05) is 37.8 Å². The number of hydrogen-bond acceptors (Lipinski definition) is 5. The van der Waals surface area contributed by atoms with Crippen molar-refractivity contribution in [2.24, 2.45) is 5.73 Å². The monoisotopic (exact) mass is 344 g/mol. The smallest absolute Gasteiger partial charge is 0.164 e. The molecule has 0 spiro atoms. The van der Waals surface area contributed by atoms with E-state index >= 15 is 0 Å². The van der Waals surface area contributed by atoms with Crippen molar-refractivity contribution in [1.82, 2.24) is 4.90 Å². The molecule has 0 aromatic heterocycles. The molecule has 25 heavy (non-hydrogen) atoms. The number of methoxy groups -OCH3 is 3. The molecular weight excluding hydrogens is 316 g/mol. The van der Waals surface area contributed by atoms with Crippen LogP contribution < -0.4 is 19.9 Å². The third kappa shape index (κ3) is 5.37. The maximum Gasteiger partial charge on any atom is 0.164 e. The summed E-state index contributed by atoms with van der Waals surface area (Å²) in [4.78, 5) is 2.33. The second kappa shape index (κ2) is 9.91. The van der Waals surface area contributed by atoms with Gasteiger partial charge in [0.25, 0.3) is 0 Å². The zero-order chi connectivity index (χ0) is 18.1. The molecule has 0 unspecified atom stereocenters. The van der Waals surface area contributed by atoms with Gasteiger partial charge >= 0.3 is 0 Å². The lowest BCUT2D eigenvalue weighted by Gasteiger charge is -2.23. The van der Waals surface area contributed by atoms with E-state index < -0.39 is 0 Å². The first-order chi connectivity index (χ1) is 12.2. The molecule has 5 heteroatoms. The van der Waals surface area contributed by atoms with Crippen molar-refractivity contribution in [3.05, 3.63) is 53.6 Å². The number of rotatable bonds is 10. The third-order valence-corrected chi connectivity index (χ3v) is 4.19. The van der Waals surface area contributed by atoms with E-state index in [0.29, 0.717) is 18.0 Å². The second-order valence-corrected chi connectivity index (χ2v) is 5.82. The number of benzene rings is 2. The van der Waals surface area contributed by atoms with Gasteiger partial charge < -0.3 is 19.9 Å². The summed E-state index contributed by atoms with van der Waals surface area (Å²) in [5.74, 6) is 2.16. The molecule has 2 rings (SSSR count). The van der Waals surface area contributed by atoms with Crippen LogP contribution in [0, 0.1) is 0 Å². The minimum absolute atomic E-state index is 0.615. The maximum absolute atomic E-state index is 5.81. The fourth-order valence-corrected chi connectivity index (χ4v) is 2.84. The highest BCUT2D eigenvalue weighted by molar-refractivity contribution is 5.50.